The molecule has 0 bridgehead atoms. The number of fused-ring (bicyclic) bond motifs is 1. The number of hydrogen-bond acceptors (Lipinski definition) is 2. The van der Waals surface area contributed by atoms with Crippen molar-refractivity contribution in [2.24, 2.45) is 0 Å². The zero-order valence-corrected chi connectivity index (χ0v) is 13.1. The Morgan fingerprint density at radius 3 is 2.90 bits per heavy atom. The Bertz CT molecular complexity index is 595. The van der Waals surface area contributed by atoms with Gasteiger partial charge in [0.15, 0.2) is 0 Å². The summed E-state index contributed by atoms with van der Waals surface area (Å²) < 4.78 is 0. The lowest BCUT2D eigenvalue weighted by Gasteiger charge is -2.10. The first-order valence-corrected chi connectivity index (χ1v) is 7.92. The number of rotatable bonds is 7. The molecule has 21 heavy (non-hydrogen) atoms. The standard InChI is InChI=1S/C17H21ClN2O/c1-2-3-8-14(18)10-11-16(21)20-15-9-4-6-13-7-5-12-19-17(13)15/h4-7,9,12,14H,2-3,8,10-11H2,1H3,(H,20,21). The molecular weight excluding hydrogens is 284 g/mol. The number of nitrogens with one attached hydrogen (secondary N) is 1. The third-order valence-electron chi connectivity index (χ3n) is 3.46. The molecule has 0 saturated heterocycles. The number of anilines is 1. The van der Waals surface area contributed by atoms with E-state index >= 15 is 0 Å². The van der Waals surface area contributed by atoms with Crippen molar-refractivity contribution in [3.8, 4) is 0 Å². The average Bonchev–Trinajstić information content (AvgIpc) is 2.51. The molecule has 0 radical (unpaired) electrons. The van der Waals surface area contributed by atoms with Crippen LogP contribution in [0.2, 0.25) is 0 Å². The summed E-state index contributed by atoms with van der Waals surface area (Å²) in [5.74, 6) is -0.00435. The van der Waals surface area contributed by atoms with Crippen molar-refractivity contribution in [2.45, 2.75) is 44.4 Å². The SMILES string of the molecule is CCCCC(Cl)CCC(=O)Nc1cccc2cccnc12. The second-order valence-electron chi connectivity index (χ2n) is 5.21. The Balaban J connectivity index is 1.93. The van der Waals surface area contributed by atoms with Gasteiger partial charge in [-0.3, -0.25) is 9.78 Å². The van der Waals surface area contributed by atoms with Crippen molar-refractivity contribution in [3.63, 3.8) is 0 Å². The number of unbranched alkanes of at least 4 members (excludes halogenated alkanes) is 1. The van der Waals surface area contributed by atoms with E-state index in [-0.39, 0.29) is 11.3 Å². The molecule has 3 nitrogen and oxygen atoms in total. The van der Waals surface area contributed by atoms with E-state index in [1.165, 1.54) is 0 Å². The van der Waals surface area contributed by atoms with E-state index in [4.69, 9.17) is 11.6 Å². The van der Waals surface area contributed by atoms with Crippen LogP contribution in [0.25, 0.3) is 10.9 Å². The lowest BCUT2D eigenvalue weighted by molar-refractivity contribution is -0.116. The highest BCUT2D eigenvalue weighted by atomic mass is 35.5. The summed E-state index contributed by atoms with van der Waals surface area (Å²) in [5, 5.41) is 4.04. The summed E-state index contributed by atoms with van der Waals surface area (Å²) in [4.78, 5) is 16.4. The number of carbonyl (C=O) groups is 1. The van der Waals surface area contributed by atoms with Gasteiger partial charge in [-0.05, 0) is 25.0 Å². The summed E-state index contributed by atoms with van der Waals surface area (Å²) in [6.45, 7) is 2.14. The number of aromatic nitrogens is 1. The second kappa shape index (κ2) is 7.99. The molecule has 112 valence electrons. The number of carbonyl (C=O) groups excluding carboxylic acids is 1. The van der Waals surface area contributed by atoms with Crippen molar-refractivity contribution in [2.75, 3.05) is 5.32 Å². The number of benzene rings is 1. The first-order chi connectivity index (χ1) is 10.2. The molecule has 0 aliphatic carbocycles. The molecule has 0 aliphatic rings. The number of alkyl halides is 1. The van der Waals surface area contributed by atoms with Crippen LogP contribution in [0, 0.1) is 0 Å². The summed E-state index contributed by atoms with van der Waals surface area (Å²) >= 11 is 6.21. The molecular formula is C17H21ClN2O. The maximum absolute atomic E-state index is 12.0. The summed E-state index contributed by atoms with van der Waals surface area (Å²) in [6.07, 6.45) is 6.12. The highest BCUT2D eigenvalue weighted by Crippen LogP contribution is 2.21. The van der Waals surface area contributed by atoms with Crippen LogP contribution >= 0.6 is 11.6 Å². The number of pyridine rings is 1. The van der Waals surface area contributed by atoms with E-state index < -0.39 is 0 Å². The quantitative estimate of drug-likeness (QED) is 0.750. The van der Waals surface area contributed by atoms with Gasteiger partial charge in [-0.2, -0.15) is 0 Å². The summed E-state index contributed by atoms with van der Waals surface area (Å²) in [7, 11) is 0. The highest BCUT2D eigenvalue weighted by Gasteiger charge is 2.10. The zero-order valence-electron chi connectivity index (χ0n) is 12.3. The van der Waals surface area contributed by atoms with Crippen molar-refractivity contribution in [1.29, 1.82) is 0 Å². The predicted molar refractivity (Wildman–Crippen MR) is 88.8 cm³/mol. The number of amides is 1. The Labute approximate surface area is 130 Å². The molecule has 1 aromatic carbocycles. The van der Waals surface area contributed by atoms with Crippen LogP contribution in [0.5, 0.6) is 0 Å². The first kappa shape index (κ1) is 15.8. The maximum Gasteiger partial charge on any atom is 0.224 e. The molecule has 1 aromatic heterocycles. The minimum absolute atomic E-state index is 0.00435. The van der Waals surface area contributed by atoms with Crippen LogP contribution in [-0.2, 0) is 4.79 Å². The van der Waals surface area contributed by atoms with Gasteiger partial charge in [0.05, 0.1) is 11.2 Å². The van der Waals surface area contributed by atoms with Gasteiger partial charge in [0.1, 0.15) is 0 Å². The second-order valence-corrected chi connectivity index (χ2v) is 5.82. The van der Waals surface area contributed by atoms with Crippen LogP contribution in [-0.4, -0.2) is 16.3 Å². The van der Waals surface area contributed by atoms with Gasteiger partial charge in [-0.1, -0.05) is 38.0 Å². The number of nitrogens with zero attached hydrogens (tertiary/aromatic N) is 1. The Hall–Kier alpha value is -1.61. The maximum atomic E-state index is 12.0. The molecule has 0 fully saturated rings. The van der Waals surface area contributed by atoms with Crippen LogP contribution in [0.1, 0.15) is 39.0 Å². The van der Waals surface area contributed by atoms with Crippen LogP contribution in [0.4, 0.5) is 5.69 Å². The molecule has 0 aliphatic heterocycles. The van der Waals surface area contributed by atoms with E-state index in [2.05, 4.69) is 17.2 Å². The fourth-order valence-corrected chi connectivity index (χ4v) is 2.54. The fourth-order valence-electron chi connectivity index (χ4n) is 2.28. The number of hydrogen-bond donors (Lipinski definition) is 1. The van der Waals surface area contributed by atoms with E-state index in [9.17, 15) is 4.79 Å². The van der Waals surface area contributed by atoms with Gasteiger partial charge in [-0.25, -0.2) is 0 Å². The molecule has 0 spiro atoms. The summed E-state index contributed by atoms with van der Waals surface area (Å²) in [5.41, 5.74) is 1.58. The summed E-state index contributed by atoms with van der Waals surface area (Å²) in [6, 6.07) is 9.66. The third kappa shape index (κ3) is 4.71. The van der Waals surface area contributed by atoms with Crippen molar-refractivity contribution in [1.82, 2.24) is 4.98 Å². The van der Waals surface area contributed by atoms with Gasteiger partial charge in [0.2, 0.25) is 5.91 Å². The van der Waals surface area contributed by atoms with Crippen LogP contribution < -0.4 is 5.32 Å². The molecule has 1 atom stereocenters. The van der Waals surface area contributed by atoms with Gasteiger partial charge in [-0.15, -0.1) is 11.6 Å². The molecule has 4 heteroatoms. The monoisotopic (exact) mass is 304 g/mol. The zero-order chi connectivity index (χ0) is 15.1. The van der Waals surface area contributed by atoms with Gasteiger partial charge in [0, 0.05) is 23.4 Å². The third-order valence-corrected chi connectivity index (χ3v) is 3.90. The van der Waals surface area contributed by atoms with Gasteiger partial charge in [0.25, 0.3) is 0 Å². The van der Waals surface area contributed by atoms with Crippen molar-refractivity contribution >= 4 is 34.1 Å². The first-order valence-electron chi connectivity index (χ1n) is 7.48. The number of para-hydroxylation sites is 1. The van der Waals surface area contributed by atoms with Gasteiger partial charge < -0.3 is 5.32 Å². The smallest absolute Gasteiger partial charge is 0.224 e. The molecule has 2 aromatic rings. The Morgan fingerprint density at radius 1 is 1.29 bits per heavy atom. The minimum atomic E-state index is -0.00435. The number of halogens is 1. The van der Waals surface area contributed by atoms with Crippen molar-refractivity contribution in [3.05, 3.63) is 36.5 Å². The highest BCUT2D eigenvalue weighted by molar-refractivity contribution is 6.20. The Kier molecular flexibility index (Phi) is 6.00. The van der Waals surface area contributed by atoms with E-state index in [1.807, 2.05) is 30.3 Å². The van der Waals surface area contributed by atoms with E-state index in [0.29, 0.717) is 12.8 Å². The lowest BCUT2D eigenvalue weighted by atomic mass is 10.1. The van der Waals surface area contributed by atoms with E-state index in [0.717, 1.165) is 35.9 Å². The minimum Gasteiger partial charge on any atom is -0.324 e. The lowest BCUT2D eigenvalue weighted by Crippen LogP contribution is -2.14. The topological polar surface area (TPSA) is 42.0 Å². The largest absolute Gasteiger partial charge is 0.324 e. The van der Waals surface area contributed by atoms with Gasteiger partial charge >= 0.3 is 0 Å². The Morgan fingerprint density at radius 2 is 2.10 bits per heavy atom. The normalized spacial score (nSPS) is 12.3. The predicted octanol–water partition coefficient (Wildman–Crippen LogP) is 4.75. The molecule has 1 N–H and O–H groups in total. The van der Waals surface area contributed by atoms with E-state index in [1.54, 1.807) is 6.20 Å². The molecule has 1 heterocycles. The van der Waals surface area contributed by atoms with Crippen LogP contribution in [0.15, 0.2) is 36.5 Å². The molecule has 1 amide bonds. The molecule has 1 unspecified atom stereocenters. The fraction of sp³-hybridized carbons (Fsp3) is 0.412. The molecule has 0 saturated carbocycles. The van der Waals surface area contributed by atoms with Crippen LogP contribution in [0.3, 0.4) is 0 Å². The van der Waals surface area contributed by atoms with Crippen molar-refractivity contribution < 1.29 is 4.79 Å². The molecule has 2 rings (SSSR count). The average molecular weight is 305 g/mol.